The molecule has 4 aliphatic heterocycles. The van der Waals surface area contributed by atoms with E-state index in [9.17, 15) is 9.18 Å². The maximum atomic E-state index is 13.5. The molecule has 1 aromatic heterocycles. The molecule has 2 aromatic rings. The summed E-state index contributed by atoms with van der Waals surface area (Å²) >= 11 is 1.51. The van der Waals surface area contributed by atoms with Crippen molar-refractivity contribution < 1.29 is 13.9 Å². The van der Waals surface area contributed by atoms with Gasteiger partial charge in [0.05, 0.1) is 6.54 Å². The number of benzene rings is 1. The van der Waals surface area contributed by atoms with Crippen molar-refractivity contribution in [2.45, 2.75) is 18.4 Å². The van der Waals surface area contributed by atoms with Gasteiger partial charge in [0.25, 0.3) is 0 Å². The van der Waals surface area contributed by atoms with Gasteiger partial charge >= 0.3 is 6.09 Å². The minimum Gasteiger partial charge on any atom is -0.439 e. The predicted molar refractivity (Wildman–Crippen MR) is 95.4 cm³/mol. The molecule has 0 radical (unpaired) electrons. The van der Waals surface area contributed by atoms with Gasteiger partial charge in [-0.3, -0.25) is 9.80 Å². The number of carbonyl (C=O) groups excluding carboxylic acids is 1. The molecule has 1 unspecified atom stereocenters. The van der Waals surface area contributed by atoms with Gasteiger partial charge in [0.15, 0.2) is 0 Å². The highest BCUT2D eigenvalue weighted by Crippen LogP contribution is 2.45. The Labute approximate surface area is 149 Å². The van der Waals surface area contributed by atoms with Crippen molar-refractivity contribution in [2.24, 2.45) is 5.92 Å². The van der Waals surface area contributed by atoms with Gasteiger partial charge in [0.1, 0.15) is 16.4 Å². The first-order chi connectivity index (χ1) is 12.1. The number of hydrogen-bond donors (Lipinski definition) is 0. The van der Waals surface area contributed by atoms with Crippen LogP contribution >= 0.6 is 11.3 Å². The first kappa shape index (κ1) is 15.3. The molecule has 6 heteroatoms. The zero-order chi connectivity index (χ0) is 17.0. The first-order valence-electron chi connectivity index (χ1n) is 8.72. The third kappa shape index (κ3) is 2.47. The van der Waals surface area contributed by atoms with Gasteiger partial charge in [0.2, 0.25) is 0 Å². The number of carbonyl (C=O) groups is 1. The molecule has 0 saturated carbocycles. The Hall–Kier alpha value is -1.92. The van der Waals surface area contributed by atoms with E-state index in [2.05, 4.69) is 4.90 Å². The SMILES string of the molecule is O=C1OC2(CN3CCC2CC3)CN1c1ccc(-c2cccc(F)c2)s1. The molecule has 6 rings (SSSR count). The number of piperidine rings is 3. The highest BCUT2D eigenvalue weighted by atomic mass is 32.1. The topological polar surface area (TPSA) is 32.8 Å². The number of amides is 1. The third-order valence-corrected chi connectivity index (χ3v) is 6.88. The standard InChI is InChI=1S/C19H19FN2O2S/c20-15-3-1-2-13(10-15)16-4-5-17(25-16)22-12-19(24-18(22)23)11-21-8-6-14(19)7-9-21/h1-5,10,14H,6-9,11-12H2. The highest BCUT2D eigenvalue weighted by molar-refractivity contribution is 7.19. The molecule has 1 aromatic carbocycles. The van der Waals surface area contributed by atoms with Crippen LogP contribution in [0.1, 0.15) is 12.8 Å². The lowest BCUT2D eigenvalue weighted by Crippen LogP contribution is -2.61. The number of fused-ring (bicyclic) bond motifs is 2. The van der Waals surface area contributed by atoms with E-state index in [-0.39, 0.29) is 17.5 Å². The summed E-state index contributed by atoms with van der Waals surface area (Å²) in [6, 6.07) is 10.4. The van der Waals surface area contributed by atoms with Gasteiger partial charge < -0.3 is 4.74 Å². The lowest BCUT2D eigenvalue weighted by atomic mass is 9.75. The number of rotatable bonds is 2. The summed E-state index contributed by atoms with van der Waals surface area (Å²) in [5, 5.41) is 0.873. The van der Waals surface area contributed by atoms with Crippen molar-refractivity contribution in [3.63, 3.8) is 0 Å². The molecular weight excluding hydrogens is 339 g/mol. The van der Waals surface area contributed by atoms with E-state index in [0.29, 0.717) is 12.5 Å². The molecule has 4 saturated heterocycles. The molecule has 0 aliphatic carbocycles. The van der Waals surface area contributed by atoms with Crippen molar-refractivity contribution >= 4 is 22.4 Å². The zero-order valence-corrected chi connectivity index (χ0v) is 14.6. The Bertz CT molecular complexity index is 830. The first-order valence-corrected chi connectivity index (χ1v) is 9.53. The second kappa shape index (κ2) is 5.54. The molecule has 25 heavy (non-hydrogen) atoms. The maximum absolute atomic E-state index is 13.5. The van der Waals surface area contributed by atoms with Crippen LogP contribution in [-0.2, 0) is 4.74 Å². The monoisotopic (exact) mass is 358 g/mol. The summed E-state index contributed by atoms with van der Waals surface area (Å²) in [4.78, 5) is 17.7. The highest BCUT2D eigenvalue weighted by Gasteiger charge is 2.55. The number of ether oxygens (including phenoxy) is 1. The molecule has 4 aliphatic rings. The number of thiophene rings is 1. The summed E-state index contributed by atoms with van der Waals surface area (Å²) in [6.07, 6.45) is 1.97. The van der Waals surface area contributed by atoms with E-state index in [1.165, 1.54) is 23.5 Å². The summed E-state index contributed by atoms with van der Waals surface area (Å²) < 4.78 is 19.4. The largest absolute Gasteiger partial charge is 0.439 e. The number of halogens is 1. The molecule has 5 heterocycles. The molecule has 2 bridgehead atoms. The van der Waals surface area contributed by atoms with Crippen molar-refractivity contribution in [1.82, 2.24) is 4.90 Å². The van der Waals surface area contributed by atoms with Crippen molar-refractivity contribution in [1.29, 1.82) is 0 Å². The quantitative estimate of drug-likeness (QED) is 0.814. The second-order valence-corrected chi connectivity index (χ2v) is 8.28. The lowest BCUT2D eigenvalue weighted by molar-refractivity contribution is -0.0881. The van der Waals surface area contributed by atoms with Crippen molar-refractivity contribution in [3.05, 3.63) is 42.2 Å². The number of anilines is 1. The van der Waals surface area contributed by atoms with E-state index < -0.39 is 0 Å². The van der Waals surface area contributed by atoms with Crippen LogP contribution in [0.3, 0.4) is 0 Å². The van der Waals surface area contributed by atoms with E-state index in [0.717, 1.165) is 47.9 Å². The normalized spacial score (nSPS) is 30.9. The van der Waals surface area contributed by atoms with Crippen LogP contribution in [0.2, 0.25) is 0 Å². The fraction of sp³-hybridized carbons (Fsp3) is 0.421. The maximum Gasteiger partial charge on any atom is 0.415 e. The van der Waals surface area contributed by atoms with Crippen LogP contribution in [0.5, 0.6) is 0 Å². The van der Waals surface area contributed by atoms with Gasteiger partial charge in [-0.05, 0) is 55.8 Å². The van der Waals surface area contributed by atoms with Crippen LogP contribution in [0.25, 0.3) is 10.4 Å². The van der Waals surface area contributed by atoms with Crippen LogP contribution < -0.4 is 4.90 Å². The molecule has 0 N–H and O–H groups in total. The molecule has 4 fully saturated rings. The lowest BCUT2D eigenvalue weighted by Gasteiger charge is -2.49. The van der Waals surface area contributed by atoms with E-state index in [4.69, 9.17) is 4.74 Å². The van der Waals surface area contributed by atoms with Crippen molar-refractivity contribution in [2.75, 3.05) is 31.1 Å². The average molecular weight is 358 g/mol. The van der Waals surface area contributed by atoms with Gasteiger partial charge in [-0.25, -0.2) is 9.18 Å². The molecular formula is C19H19FN2O2S. The fourth-order valence-corrected chi connectivity index (χ4v) is 5.44. The number of nitrogens with zero attached hydrogens (tertiary/aromatic N) is 2. The Balaban J connectivity index is 1.42. The van der Waals surface area contributed by atoms with E-state index in [1.807, 2.05) is 18.2 Å². The minimum absolute atomic E-state index is 0.249. The van der Waals surface area contributed by atoms with Crippen molar-refractivity contribution in [3.8, 4) is 10.4 Å². The Morgan fingerprint density at radius 2 is 2.00 bits per heavy atom. The molecule has 1 amide bonds. The van der Waals surface area contributed by atoms with Crippen LogP contribution in [0, 0.1) is 11.7 Å². The Morgan fingerprint density at radius 3 is 2.72 bits per heavy atom. The van der Waals surface area contributed by atoms with Crippen LogP contribution in [0.15, 0.2) is 36.4 Å². The third-order valence-electron chi connectivity index (χ3n) is 5.73. The predicted octanol–water partition coefficient (Wildman–Crippen LogP) is 3.98. The second-order valence-electron chi connectivity index (χ2n) is 7.22. The van der Waals surface area contributed by atoms with Gasteiger partial charge in [0, 0.05) is 17.3 Å². The van der Waals surface area contributed by atoms with Crippen LogP contribution in [0.4, 0.5) is 14.2 Å². The minimum atomic E-state index is -0.351. The Morgan fingerprint density at radius 1 is 1.16 bits per heavy atom. The summed E-state index contributed by atoms with van der Waals surface area (Å²) in [6.45, 7) is 3.71. The van der Waals surface area contributed by atoms with Crippen LogP contribution in [-0.4, -0.2) is 42.8 Å². The summed E-state index contributed by atoms with van der Waals surface area (Å²) in [7, 11) is 0. The average Bonchev–Trinajstić information content (AvgIpc) is 3.21. The molecule has 4 nitrogen and oxygen atoms in total. The molecule has 130 valence electrons. The zero-order valence-electron chi connectivity index (χ0n) is 13.8. The Kier molecular flexibility index (Phi) is 3.40. The fourth-order valence-electron chi connectivity index (χ4n) is 4.45. The van der Waals surface area contributed by atoms with Gasteiger partial charge in [-0.2, -0.15) is 0 Å². The van der Waals surface area contributed by atoms with E-state index in [1.54, 1.807) is 11.0 Å². The molecule has 1 spiro atoms. The van der Waals surface area contributed by atoms with Gasteiger partial charge in [-0.1, -0.05) is 12.1 Å². The molecule has 1 atom stereocenters. The smallest absolute Gasteiger partial charge is 0.415 e. The van der Waals surface area contributed by atoms with Gasteiger partial charge in [-0.15, -0.1) is 11.3 Å². The number of hydrogen-bond acceptors (Lipinski definition) is 4. The van der Waals surface area contributed by atoms with E-state index >= 15 is 0 Å². The summed E-state index contributed by atoms with van der Waals surface area (Å²) in [5.41, 5.74) is 0.484. The summed E-state index contributed by atoms with van der Waals surface area (Å²) in [5.74, 6) is 0.216.